The number of likely N-dealkylation sites (N-methyl/N-ethyl adjacent to an activating group) is 1. The highest BCUT2D eigenvalue weighted by atomic mass is 35.5. The number of amides is 1. The Morgan fingerprint density at radius 3 is 2.61 bits per heavy atom. The molecule has 0 radical (unpaired) electrons. The largest absolute Gasteiger partial charge is 0.481 e. The molecule has 0 unspecified atom stereocenters. The predicted octanol–water partition coefficient (Wildman–Crippen LogP) is 3.97. The van der Waals surface area contributed by atoms with Crippen LogP contribution in [0.2, 0.25) is 0 Å². The van der Waals surface area contributed by atoms with Crippen LogP contribution >= 0.6 is 23.7 Å². The van der Waals surface area contributed by atoms with Crippen LogP contribution in [0.3, 0.4) is 0 Å². The number of hydrogen-bond donors (Lipinski definition) is 0. The number of para-hydroxylation sites is 1. The highest BCUT2D eigenvalue weighted by Crippen LogP contribution is 2.29. The van der Waals surface area contributed by atoms with Crippen molar-refractivity contribution in [1.29, 1.82) is 0 Å². The predicted molar refractivity (Wildman–Crippen MR) is 110 cm³/mol. The Kier molecular flexibility index (Phi) is 7.68. The fourth-order valence-corrected chi connectivity index (χ4v) is 3.44. The number of anilines is 1. The molecular formula is C19H20ClF2N3O2S. The molecule has 3 rings (SSSR count). The molecule has 0 atom stereocenters. The summed E-state index contributed by atoms with van der Waals surface area (Å²) in [5.41, 5.74) is 0.620. The lowest BCUT2D eigenvalue weighted by molar-refractivity contribution is -0.120. The Hall–Kier alpha value is -2.29. The fraction of sp³-hybridized carbons (Fsp3) is 0.263. The minimum absolute atomic E-state index is 0. The molecule has 28 heavy (non-hydrogen) atoms. The number of thiazole rings is 1. The third kappa shape index (κ3) is 5.37. The van der Waals surface area contributed by atoms with Crippen LogP contribution in [0.4, 0.5) is 13.9 Å². The minimum atomic E-state index is -0.527. The smallest absolute Gasteiger partial charge is 0.266 e. The van der Waals surface area contributed by atoms with Crippen LogP contribution in [-0.4, -0.2) is 49.6 Å². The average Bonchev–Trinajstić information content (AvgIpc) is 3.03. The Balaban J connectivity index is 0.00000280. The summed E-state index contributed by atoms with van der Waals surface area (Å²) in [6, 6.07) is 10.2. The molecule has 9 heteroatoms. The molecule has 150 valence electrons. The van der Waals surface area contributed by atoms with E-state index in [2.05, 4.69) is 4.98 Å². The average molecular weight is 428 g/mol. The van der Waals surface area contributed by atoms with Gasteiger partial charge in [0, 0.05) is 13.1 Å². The van der Waals surface area contributed by atoms with Crippen molar-refractivity contribution in [2.75, 3.05) is 38.7 Å². The Morgan fingerprint density at radius 1 is 1.14 bits per heavy atom. The van der Waals surface area contributed by atoms with Crippen molar-refractivity contribution < 1.29 is 18.3 Å². The lowest BCUT2D eigenvalue weighted by atomic mass is 10.3. The zero-order chi connectivity index (χ0) is 19.4. The van der Waals surface area contributed by atoms with E-state index in [9.17, 15) is 13.6 Å². The summed E-state index contributed by atoms with van der Waals surface area (Å²) in [6.07, 6.45) is 0. The standard InChI is InChI=1S/C19H19F2N3O2S.ClH/c1-23(2)9-10-24(18(25)12-26-16-6-4-3-5-14(16)21)19-22-15-8-7-13(20)11-17(15)27-19;/h3-8,11H,9-10,12H2,1-2H3;1H. The van der Waals surface area contributed by atoms with Crippen LogP contribution in [0, 0.1) is 11.6 Å². The highest BCUT2D eigenvalue weighted by molar-refractivity contribution is 7.22. The van der Waals surface area contributed by atoms with Gasteiger partial charge in [0.25, 0.3) is 5.91 Å². The lowest BCUT2D eigenvalue weighted by Crippen LogP contribution is -2.39. The number of halogens is 3. The quantitative estimate of drug-likeness (QED) is 0.572. The Morgan fingerprint density at radius 2 is 1.89 bits per heavy atom. The van der Waals surface area contributed by atoms with Crippen molar-refractivity contribution in [3.8, 4) is 5.75 Å². The first-order valence-corrected chi connectivity index (χ1v) is 9.14. The van der Waals surface area contributed by atoms with Crippen molar-refractivity contribution in [1.82, 2.24) is 9.88 Å². The van der Waals surface area contributed by atoms with Gasteiger partial charge in [0.2, 0.25) is 0 Å². The number of ether oxygens (including phenoxy) is 1. The van der Waals surface area contributed by atoms with Gasteiger partial charge in [0.1, 0.15) is 5.82 Å². The molecule has 0 saturated heterocycles. The van der Waals surface area contributed by atoms with Gasteiger partial charge in [-0.3, -0.25) is 9.69 Å². The van der Waals surface area contributed by atoms with Gasteiger partial charge < -0.3 is 9.64 Å². The second-order valence-corrected chi connectivity index (χ2v) is 7.19. The van der Waals surface area contributed by atoms with Gasteiger partial charge in [0.05, 0.1) is 10.2 Å². The van der Waals surface area contributed by atoms with Gasteiger partial charge in [0.15, 0.2) is 23.3 Å². The number of nitrogens with zero attached hydrogens (tertiary/aromatic N) is 3. The van der Waals surface area contributed by atoms with Gasteiger partial charge in [-0.15, -0.1) is 12.4 Å². The van der Waals surface area contributed by atoms with Crippen LogP contribution in [-0.2, 0) is 4.79 Å². The molecule has 5 nitrogen and oxygen atoms in total. The molecular weight excluding hydrogens is 408 g/mol. The van der Waals surface area contributed by atoms with Crippen molar-refractivity contribution in [3.63, 3.8) is 0 Å². The molecule has 0 saturated carbocycles. The van der Waals surface area contributed by atoms with E-state index in [0.29, 0.717) is 28.4 Å². The molecule has 1 heterocycles. The molecule has 0 bridgehead atoms. The number of hydrogen-bond acceptors (Lipinski definition) is 5. The van der Waals surface area contributed by atoms with E-state index in [0.717, 1.165) is 0 Å². The maximum Gasteiger partial charge on any atom is 0.266 e. The monoisotopic (exact) mass is 427 g/mol. The number of rotatable bonds is 7. The number of fused-ring (bicyclic) bond motifs is 1. The summed E-state index contributed by atoms with van der Waals surface area (Å²) in [5.74, 6) is -1.21. The SMILES string of the molecule is CN(C)CCN(C(=O)COc1ccccc1F)c1nc2ccc(F)cc2s1.Cl. The van der Waals surface area contributed by atoms with E-state index < -0.39 is 5.82 Å². The molecule has 0 aliphatic heterocycles. The highest BCUT2D eigenvalue weighted by Gasteiger charge is 2.21. The summed E-state index contributed by atoms with van der Waals surface area (Å²) in [4.78, 5) is 20.6. The normalized spacial score (nSPS) is 10.8. The van der Waals surface area contributed by atoms with E-state index in [1.54, 1.807) is 18.2 Å². The number of aromatic nitrogens is 1. The number of carbonyl (C=O) groups is 1. The minimum Gasteiger partial charge on any atom is -0.481 e. The molecule has 0 fully saturated rings. The van der Waals surface area contributed by atoms with Crippen LogP contribution in [0.25, 0.3) is 10.2 Å². The summed E-state index contributed by atoms with van der Waals surface area (Å²) in [7, 11) is 3.79. The third-order valence-electron chi connectivity index (χ3n) is 3.83. The van der Waals surface area contributed by atoms with Crippen molar-refractivity contribution in [3.05, 3.63) is 54.1 Å². The van der Waals surface area contributed by atoms with Gasteiger partial charge in [-0.25, -0.2) is 13.8 Å². The first kappa shape index (κ1) is 22.0. The Bertz CT molecular complexity index is 952. The third-order valence-corrected chi connectivity index (χ3v) is 4.87. The molecule has 2 aromatic carbocycles. The maximum atomic E-state index is 13.7. The maximum absolute atomic E-state index is 13.7. The van der Waals surface area contributed by atoms with E-state index >= 15 is 0 Å². The van der Waals surface area contributed by atoms with Crippen molar-refractivity contribution in [2.24, 2.45) is 0 Å². The molecule has 0 aliphatic carbocycles. The first-order chi connectivity index (χ1) is 12.9. The molecule has 3 aromatic rings. The number of benzene rings is 2. The zero-order valence-electron chi connectivity index (χ0n) is 15.4. The summed E-state index contributed by atoms with van der Waals surface area (Å²) in [6.45, 7) is 0.670. The summed E-state index contributed by atoms with van der Waals surface area (Å²) >= 11 is 1.23. The topological polar surface area (TPSA) is 45.7 Å². The molecule has 1 amide bonds. The van der Waals surface area contributed by atoms with E-state index in [1.165, 1.54) is 40.5 Å². The van der Waals surface area contributed by atoms with Gasteiger partial charge in [-0.2, -0.15) is 0 Å². The molecule has 0 N–H and O–H groups in total. The van der Waals surface area contributed by atoms with Gasteiger partial charge >= 0.3 is 0 Å². The van der Waals surface area contributed by atoms with Crippen LogP contribution in [0.5, 0.6) is 5.75 Å². The van der Waals surface area contributed by atoms with Crippen LogP contribution in [0.1, 0.15) is 0 Å². The van der Waals surface area contributed by atoms with Crippen LogP contribution < -0.4 is 9.64 Å². The summed E-state index contributed by atoms with van der Waals surface area (Å²) < 4.78 is 33.1. The first-order valence-electron chi connectivity index (χ1n) is 8.32. The van der Waals surface area contributed by atoms with E-state index in [4.69, 9.17) is 4.74 Å². The molecule has 0 spiro atoms. The van der Waals surface area contributed by atoms with Crippen molar-refractivity contribution in [2.45, 2.75) is 0 Å². The fourth-order valence-electron chi connectivity index (χ4n) is 2.41. The van der Waals surface area contributed by atoms with Gasteiger partial charge in [-0.1, -0.05) is 23.5 Å². The molecule has 1 aromatic heterocycles. The second kappa shape index (κ2) is 9.77. The second-order valence-electron chi connectivity index (χ2n) is 6.18. The van der Waals surface area contributed by atoms with E-state index in [1.807, 2.05) is 19.0 Å². The van der Waals surface area contributed by atoms with Crippen molar-refractivity contribution >= 4 is 45.0 Å². The molecule has 0 aliphatic rings. The van der Waals surface area contributed by atoms with Crippen LogP contribution in [0.15, 0.2) is 42.5 Å². The lowest BCUT2D eigenvalue weighted by Gasteiger charge is -2.22. The Labute approximate surface area is 171 Å². The zero-order valence-corrected chi connectivity index (χ0v) is 17.0. The van der Waals surface area contributed by atoms with E-state index in [-0.39, 0.29) is 36.5 Å². The number of carbonyl (C=O) groups excluding carboxylic acids is 1. The van der Waals surface area contributed by atoms with Gasteiger partial charge in [-0.05, 0) is 44.4 Å². The summed E-state index contributed by atoms with van der Waals surface area (Å²) in [5, 5.41) is 0.458.